The van der Waals surface area contributed by atoms with Crippen LogP contribution in [0.3, 0.4) is 0 Å². The van der Waals surface area contributed by atoms with Crippen LogP contribution in [0, 0.1) is 5.92 Å². The van der Waals surface area contributed by atoms with Crippen LogP contribution >= 0.6 is 0 Å². The van der Waals surface area contributed by atoms with Crippen LogP contribution in [0.4, 0.5) is 0 Å². The number of piperidine rings is 1. The second kappa shape index (κ2) is 10.2. The molecule has 0 atom stereocenters. The third kappa shape index (κ3) is 5.66. The summed E-state index contributed by atoms with van der Waals surface area (Å²) in [4.78, 5) is 7.99. The zero-order chi connectivity index (χ0) is 18.3. The van der Waals surface area contributed by atoms with E-state index in [0.29, 0.717) is 5.54 Å². The molecule has 0 aliphatic carbocycles. The van der Waals surface area contributed by atoms with Gasteiger partial charge in [0, 0.05) is 25.7 Å². The van der Waals surface area contributed by atoms with Gasteiger partial charge in [-0.25, -0.2) is 0 Å². The van der Waals surface area contributed by atoms with E-state index in [0.717, 1.165) is 25.2 Å². The van der Waals surface area contributed by atoms with E-state index in [-0.39, 0.29) is 0 Å². The van der Waals surface area contributed by atoms with Gasteiger partial charge >= 0.3 is 0 Å². The second-order valence-electron chi connectivity index (χ2n) is 8.64. The van der Waals surface area contributed by atoms with Crippen molar-refractivity contribution in [3.63, 3.8) is 0 Å². The van der Waals surface area contributed by atoms with Gasteiger partial charge in [-0.2, -0.15) is 0 Å². The van der Waals surface area contributed by atoms with Gasteiger partial charge < -0.3 is 14.5 Å². The van der Waals surface area contributed by atoms with E-state index < -0.39 is 0 Å². The maximum atomic E-state index is 5.55. The Morgan fingerprint density at radius 2 is 1.64 bits per heavy atom. The van der Waals surface area contributed by atoms with Crippen LogP contribution in [0.15, 0.2) is 0 Å². The number of likely N-dealkylation sites (N-methyl/N-ethyl adjacent to an activating group) is 1. The molecule has 0 saturated carbocycles. The molecule has 0 radical (unpaired) electrons. The molecule has 1 spiro atoms. The summed E-state index contributed by atoms with van der Waals surface area (Å²) in [6.07, 6.45) is 5.46. The fourth-order valence-electron chi connectivity index (χ4n) is 4.51. The lowest BCUT2D eigenvalue weighted by atomic mass is 9.89. The Morgan fingerprint density at radius 1 is 1.00 bits per heavy atom. The van der Waals surface area contributed by atoms with E-state index in [4.69, 9.17) is 4.74 Å². The first-order chi connectivity index (χ1) is 12.0. The van der Waals surface area contributed by atoms with Crippen LogP contribution in [-0.2, 0) is 4.74 Å². The Balaban J connectivity index is 0.000000701. The molecule has 4 nitrogen and oxygen atoms in total. The molecule has 3 aliphatic rings. The van der Waals surface area contributed by atoms with E-state index in [1.54, 1.807) is 0 Å². The van der Waals surface area contributed by atoms with Gasteiger partial charge in [0.25, 0.3) is 0 Å². The molecule has 3 fully saturated rings. The van der Waals surface area contributed by atoms with Crippen molar-refractivity contribution in [2.24, 2.45) is 5.92 Å². The van der Waals surface area contributed by atoms with Crippen molar-refractivity contribution in [2.75, 3.05) is 59.0 Å². The van der Waals surface area contributed by atoms with Crippen LogP contribution < -0.4 is 0 Å². The first-order valence-electron chi connectivity index (χ1n) is 10.8. The van der Waals surface area contributed by atoms with Gasteiger partial charge in [0.1, 0.15) is 0 Å². The topological polar surface area (TPSA) is 19.0 Å². The molecule has 0 bridgehead atoms. The number of likely N-dealkylation sites (tertiary alicyclic amines) is 1. The fraction of sp³-hybridized carbons (Fsp3) is 1.00. The quantitative estimate of drug-likeness (QED) is 0.755. The zero-order valence-electron chi connectivity index (χ0n) is 17.6. The van der Waals surface area contributed by atoms with E-state index in [2.05, 4.69) is 49.3 Å². The highest BCUT2D eigenvalue weighted by Crippen LogP contribution is 2.30. The highest BCUT2D eigenvalue weighted by molar-refractivity contribution is 5.01. The Bertz CT molecular complexity index is 362. The minimum atomic E-state index is 0.355. The van der Waals surface area contributed by atoms with Gasteiger partial charge in [0.05, 0.1) is 18.8 Å². The smallest absolute Gasteiger partial charge is 0.0807 e. The molecule has 4 heteroatoms. The first kappa shape index (κ1) is 21.1. The van der Waals surface area contributed by atoms with E-state index in [1.807, 2.05) is 0 Å². The molecule has 3 saturated heterocycles. The van der Waals surface area contributed by atoms with Gasteiger partial charge in [-0.15, -0.1) is 0 Å². The Hall–Kier alpha value is -0.160. The summed E-state index contributed by atoms with van der Waals surface area (Å²) >= 11 is 0. The highest BCUT2D eigenvalue weighted by atomic mass is 16.5. The molecule has 148 valence electrons. The van der Waals surface area contributed by atoms with Crippen LogP contribution in [0.25, 0.3) is 0 Å². The molecule has 25 heavy (non-hydrogen) atoms. The van der Waals surface area contributed by atoms with Gasteiger partial charge in [-0.1, -0.05) is 27.2 Å². The molecule has 3 aliphatic heterocycles. The van der Waals surface area contributed by atoms with Crippen molar-refractivity contribution in [3.05, 3.63) is 0 Å². The highest BCUT2D eigenvalue weighted by Gasteiger charge is 2.46. The number of nitrogens with zero attached hydrogens (tertiary/aromatic N) is 3. The van der Waals surface area contributed by atoms with Crippen molar-refractivity contribution in [2.45, 2.75) is 71.9 Å². The molecular formula is C21H43N3O. The van der Waals surface area contributed by atoms with Crippen LogP contribution in [0.2, 0.25) is 0 Å². The monoisotopic (exact) mass is 353 g/mol. The molecule has 0 N–H and O–H groups in total. The molecule has 0 amide bonds. The number of rotatable bonds is 5. The number of piperazine rings is 1. The molecule has 3 heterocycles. The minimum absolute atomic E-state index is 0.355. The summed E-state index contributed by atoms with van der Waals surface area (Å²) < 4.78 is 5.55. The summed E-state index contributed by atoms with van der Waals surface area (Å²) in [5.41, 5.74) is 0.355. The van der Waals surface area contributed by atoms with E-state index in [1.165, 1.54) is 71.5 Å². The van der Waals surface area contributed by atoms with Gasteiger partial charge in [-0.05, 0) is 65.2 Å². The van der Waals surface area contributed by atoms with Gasteiger partial charge in [0.15, 0.2) is 0 Å². The van der Waals surface area contributed by atoms with Crippen molar-refractivity contribution in [3.8, 4) is 0 Å². The Labute approximate surface area is 156 Å². The summed E-state index contributed by atoms with van der Waals surface area (Å²) in [6.45, 7) is 21.9. The third-order valence-electron chi connectivity index (χ3n) is 6.23. The van der Waals surface area contributed by atoms with Crippen LogP contribution in [0.1, 0.15) is 60.3 Å². The fourth-order valence-corrected chi connectivity index (χ4v) is 4.51. The summed E-state index contributed by atoms with van der Waals surface area (Å²) in [5.74, 6) is 0.952. The van der Waals surface area contributed by atoms with Crippen LogP contribution in [-0.4, -0.2) is 85.3 Å². The first-order valence-corrected chi connectivity index (χ1v) is 10.8. The lowest BCUT2D eigenvalue weighted by molar-refractivity contribution is -0.168. The number of hydrogen-bond acceptors (Lipinski definition) is 4. The Kier molecular flexibility index (Phi) is 8.67. The third-order valence-corrected chi connectivity index (χ3v) is 6.23. The molecule has 0 aromatic heterocycles. The SMILES string of the molecule is CCC.CCN1CCN(CCC2CCN(C(C)C)CC2)CC12COC2. The number of ether oxygens (including phenoxy) is 1. The molecule has 3 rings (SSSR count). The Morgan fingerprint density at radius 3 is 2.12 bits per heavy atom. The van der Waals surface area contributed by atoms with Crippen LogP contribution in [0.5, 0.6) is 0 Å². The lowest BCUT2D eigenvalue weighted by Crippen LogP contribution is -2.71. The summed E-state index contributed by atoms with van der Waals surface area (Å²) in [7, 11) is 0. The predicted molar refractivity (Wildman–Crippen MR) is 107 cm³/mol. The van der Waals surface area contributed by atoms with Crippen molar-refractivity contribution >= 4 is 0 Å². The summed E-state index contributed by atoms with van der Waals surface area (Å²) in [6, 6.07) is 0.724. The molecular weight excluding hydrogens is 310 g/mol. The predicted octanol–water partition coefficient (Wildman–Crippen LogP) is 3.32. The van der Waals surface area contributed by atoms with Gasteiger partial charge in [0.2, 0.25) is 0 Å². The van der Waals surface area contributed by atoms with Gasteiger partial charge in [-0.3, -0.25) is 4.90 Å². The largest absolute Gasteiger partial charge is 0.377 e. The second-order valence-corrected chi connectivity index (χ2v) is 8.64. The average Bonchev–Trinajstić information content (AvgIpc) is 2.59. The van der Waals surface area contributed by atoms with Crippen molar-refractivity contribution in [1.29, 1.82) is 0 Å². The molecule has 0 unspecified atom stereocenters. The average molecular weight is 354 g/mol. The maximum absolute atomic E-state index is 5.55. The molecule has 0 aromatic rings. The maximum Gasteiger partial charge on any atom is 0.0807 e. The van der Waals surface area contributed by atoms with Crippen molar-refractivity contribution in [1.82, 2.24) is 14.7 Å². The van der Waals surface area contributed by atoms with Crippen molar-refractivity contribution < 1.29 is 4.74 Å². The van der Waals surface area contributed by atoms with E-state index in [9.17, 15) is 0 Å². The minimum Gasteiger partial charge on any atom is -0.377 e. The number of hydrogen-bond donors (Lipinski definition) is 0. The standard InChI is InChI=1S/C18H35N3O.C3H8/c1-4-21-12-11-19(13-18(21)14-22-15-18)8-5-17-6-9-20(10-7-17)16(2)3;1-3-2/h16-17H,4-15H2,1-3H3;3H2,1-2H3. The lowest BCUT2D eigenvalue weighted by Gasteiger charge is -2.55. The zero-order valence-corrected chi connectivity index (χ0v) is 17.6. The van der Waals surface area contributed by atoms with E-state index >= 15 is 0 Å². The molecule has 0 aromatic carbocycles. The summed E-state index contributed by atoms with van der Waals surface area (Å²) in [5, 5.41) is 0. The normalized spacial score (nSPS) is 25.7.